The molecule has 1 fully saturated rings. The first-order chi connectivity index (χ1) is 8.74. The third-order valence-electron chi connectivity index (χ3n) is 3.28. The number of hydrogen-bond donors (Lipinski definition) is 1. The third-order valence-corrected chi connectivity index (χ3v) is 3.50. The molecule has 0 radical (unpaired) electrons. The summed E-state index contributed by atoms with van der Waals surface area (Å²) in [4.78, 5) is 0. The first-order valence-electron chi connectivity index (χ1n) is 6.38. The summed E-state index contributed by atoms with van der Waals surface area (Å²) in [7, 11) is 1.61. The van der Waals surface area contributed by atoms with Crippen LogP contribution < -0.4 is 9.47 Å². The quantitative estimate of drug-likeness (QED) is 0.893. The van der Waals surface area contributed by atoms with Crippen LogP contribution in [0.3, 0.4) is 0 Å². The lowest BCUT2D eigenvalue weighted by atomic mass is 10.1. The molecule has 1 saturated carbocycles. The van der Waals surface area contributed by atoms with E-state index in [1.807, 2.05) is 6.07 Å². The minimum Gasteiger partial charge on any atom is -0.493 e. The fraction of sp³-hybridized carbons (Fsp3) is 0.571. The van der Waals surface area contributed by atoms with Crippen molar-refractivity contribution in [2.75, 3.05) is 13.7 Å². The molecule has 0 bridgehead atoms. The summed E-state index contributed by atoms with van der Waals surface area (Å²) in [5, 5.41) is 9.73. The highest BCUT2D eigenvalue weighted by atomic mass is 35.5. The van der Waals surface area contributed by atoms with E-state index in [0.717, 1.165) is 24.2 Å². The molecule has 100 valence electrons. The molecule has 3 nitrogen and oxygen atoms in total. The summed E-state index contributed by atoms with van der Waals surface area (Å²) in [5.41, 5.74) is 0.911. The molecule has 4 heteroatoms. The molecule has 0 saturated heterocycles. The summed E-state index contributed by atoms with van der Waals surface area (Å²) in [6, 6.07) is 3.59. The van der Waals surface area contributed by atoms with Gasteiger partial charge in [0.15, 0.2) is 11.5 Å². The zero-order chi connectivity index (χ0) is 13.0. The number of ether oxygens (including phenoxy) is 2. The Bertz CT molecular complexity index is 400. The molecule has 0 aromatic heterocycles. The van der Waals surface area contributed by atoms with Crippen molar-refractivity contribution in [3.05, 3.63) is 22.7 Å². The Morgan fingerprint density at radius 3 is 2.67 bits per heavy atom. The highest BCUT2D eigenvalue weighted by molar-refractivity contribution is 6.30. The highest BCUT2D eigenvalue weighted by Gasteiger charge is 2.21. The van der Waals surface area contributed by atoms with Gasteiger partial charge in [-0.1, -0.05) is 11.6 Å². The topological polar surface area (TPSA) is 38.7 Å². The summed E-state index contributed by atoms with van der Waals surface area (Å²) in [6.45, 7) is 0.0739. The van der Waals surface area contributed by atoms with Gasteiger partial charge in [-0.15, -0.1) is 0 Å². The van der Waals surface area contributed by atoms with Gasteiger partial charge < -0.3 is 14.6 Å². The summed E-state index contributed by atoms with van der Waals surface area (Å²) < 4.78 is 11.4. The molecule has 0 aliphatic heterocycles. The van der Waals surface area contributed by atoms with Crippen LogP contribution in [0, 0.1) is 0 Å². The maximum absolute atomic E-state index is 9.12. The Morgan fingerprint density at radius 2 is 2.06 bits per heavy atom. The molecule has 0 heterocycles. The van der Waals surface area contributed by atoms with Gasteiger partial charge >= 0.3 is 0 Å². The Kier molecular flexibility index (Phi) is 4.72. The van der Waals surface area contributed by atoms with Gasteiger partial charge in [-0.2, -0.15) is 0 Å². The van der Waals surface area contributed by atoms with Crippen molar-refractivity contribution < 1.29 is 14.6 Å². The fourth-order valence-corrected chi connectivity index (χ4v) is 2.62. The van der Waals surface area contributed by atoms with Crippen LogP contribution in [0.5, 0.6) is 11.5 Å². The lowest BCUT2D eigenvalue weighted by molar-refractivity contribution is 0.197. The number of aliphatic hydroxyl groups is 1. The van der Waals surface area contributed by atoms with Crippen LogP contribution in [-0.2, 0) is 6.42 Å². The van der Waals surface area contributed by atoms with Crippen LogP contribution in [0.25, 0.3) is 0 Å². The number of hydrogen-bond acceptors (Lipinski definition) is 3. The van der Waals surface area contributed by atoms with Crippen molar-refractivity contribution in [1.29, 1.82) is 0 Å². The molecule has 2 rings (SSSR count). The Hall–Kier alpha value is -0.930. The number of aliphatic hydroxyl groups excluding tert-OH is 1. The molecule has 0 spiro atoms. The smallest absolute Gasteiger partial charge is 0.164 e. The monoisotopic (exact) mass is 270 g/mol. The van der Waals surface area contributed by atoms with Crippen LogP contribution >= 0.6 is 11.6 Å². The van der Waals surface area contributed by atoms with E-state index in [0.29, 0.717) is 17.2 Å². The molecule has 1 aliphatic rings. The van der Waals surface area contributed by atoms with E-state index in [4.69, 9.17) is 26.2 Å². The van der Waals surface area contributed by atoms with Gasteiger partial charge in [-0.25, -0.2) is 0 Å². The van der Waals surface area contributed by atoms with E-state index in [-0.39, 0.29) is 12.7 Å². The zero-order valence-corrected chi connectivity index (χ0v) is 11.4. The maximum atomic E-state index is 9.12. The van der Waals surface area contributed by atoms with Gasteiger partial charge in [0.1, 0.15) is 0 Å². The third kappa shape index (κ3) is 3.09. The lowest BCUT2D eigenvalue weighted by Gasteiger charge is -2.19. The summed E-state index contributed by atoms with van der Waals surface area (Å²) in [6.07, 6.45) is 5.40. The molecule has 1 aromatic rings. The van der Waals surface area contributed by atoms with E-state index in [2.05, 4.69) is 0 Å². The first kappa shape index (κ1) is 13.5. The molecular formula is C14H19ClO3. The molecule has 0 unspecified atom stereocenters. The van der Waals surface area contributed by atoms with Crippen LogP contribution in [-0.4, -0.2) is 24.9 Å². The van der Waals surface area contributed by atoms with Gasteiger partial charge in [-0.05, 0) is 38.2 Å². The van der Waals surface area contributed by atoms with Gasteiger partial charge in [0, 0.05) is 23.3 Å². The van der Waals surface area contributed by atoms with Crippen LogP contribution in [0.15, 0.2) is 12.1 Å². The van der Waals surface area contributed by atoms with Crippen molar-refractivity contribution >= 4 is 11.6 Å². The van der Waals surface area contributed by atoms with Crippen LogP contribution in [0.1, 0.15) is 31.2 Å². The van der Waals surface area contributed by atoms with Crippen LogP contribution in [0.4, 0.5) is 0 Å². The second kappa shape index (κ2) is 6.30. The molecule has 1 N–H and O–H groups in total. The molecule has 1 aromatic carbocycles. The predicted octanol–water partition coefficient (Wildman–Crippen LogP) is 3.20. The van der Waals surface area contributed by atoms with Crippen molar-refractivity contribution in [3.63, 3.8) is 0 Å². The van der Waals surface area contributed by atoms with Crippen LogP contribution in [0.2, 0.25) is 5.02 Å². The predicted molar refractivity (Wildman–Crippen MR) is 71.7 cm³/mol. The number of rotatable bonds is 5. The van der Waals surface area contributed by atoms with Crippen molar-refractivity contribution in [3.8, 4) is 11.5 Å². The zero-order valence-electron chi connectivity index (χ0n) is 10.6. The van der Waals surface area contributed by atoms with Crippen molar-refractivity contribution in [2.24, 2.45) is 0 Å². The Labute approximate surface area is 113 Å². The first-order valence-corrected chi connectivity index (χ1v) is 6.76. The average Bonchev–Trinajstić information content (AvgIpc) is 2.85. The molecular weight excluding hydrogens is 252 g/mol. The van der Waals surface area contributed by atoms with Crippen molar-refractivity contribution in [1.82, 2.24) is 0 Å². The number of methoxy groups -OCH3 is 1. The second-order valence-corrected chi connectivity index (χ2v) is 5.03. The number of halogens is 1. The van der Waals surface area contributed by atoms with E-state index >= 15 is 0 Å². The standard InChI is InChI=1S/C14H19ClO3/c1-17-13-9-11(15)8-10(6-7-16)14(13)18-12-4-2-3-5-12/h8-9,12,16H,2-7H2,1H3. The van der Waals surface area contributed by atoms with E-state index in [1.54, 1.807) is 13.2 Å². The SMILES string of the molecule is COc1cc(Cl)cc(CCO)c1OC1CCCC1. The number of benzene rings is 1. The second-order valence-electron chi connectivity index (χ2n) is 4.59. The Balaban J connectivity index is 2.28. The molecule has 0 atom stereocenters. The van der Waals surface area contributed by atoms with E-state index < -0.39 is 0 Å². The largest absolute Gasteiger partial charge is 0.493 e. The maximum Gasteiger partial charge on any atom is 0.164 e. The normalized spacial score (nSPS) is 15.9. The van der Waals surface area contributed by atoms with Gasteiger partial charge in [0.05, 0.1) is 13.2 Å². The average molecular weight is 271 g/mol. The minimum atomic E-state index is 0.0739. The minimum absolute atomic E-state index is 0.0739. The lowest BCUT2D eigenvalue weighted by Crippen LogP contribution is -2.13. The van der Waals surface area contributed by atoms with Crippen molar-refractivity contribution in [2.45, 2.75) is 38.2 Å². The summed E-state index contributed by atoms with van der Waals surface area (Å²) >= 11 is 6.04. The highest BCUT2D eigenvalue weighted by Crippen LogP contribution is 2.37. The fourth-order valence-electron chi connectivity index (χ4n) is 2.39. The molecule has 0 amide bonds. The van der Waals surface area contributed by atoms with Gasteiger partial charge in [0.25, 0.3) is 0 Å². The molecule has 18 heavy (non-hydrogen) atoms. The summed E-state index contributed by atoms with van der Waals surface area (Å²) in [5.74, 6) is 1.39. The van der Waals surface area contributed by atoms with Gasteiger partial charge in [0.2, 0.25) is 0 Å². The Morgan fingerprint density at radius 1 is 1.33 bits per heavy atom. The van der Waals surface area contributed by atoms with E-state index in [9.17, 15) is 0 Å². The molecule has 1 aliphatic carbocycles. The van der Waals surface area contributed by atoms with E-state index in [1.165, 1.54) is 12.8 Å². The van der Waals surface area contributed by atoms with Gasteiger partial charge in [-0.3, -0.25) is 0 Å².